The predicted molar refractivity (Wildman–Crippen MR) is 340 cm³/mol. The van der Waals surface area contributed by atoms with E-state index < -0.39 is 97.5 Å². The van der Waals surface area contributed by atoms with Crippen LogP contribution in [0.3, 0.4) is 0 Å². The average Bonchev–Trinajstić information content (AvgIpc) is 3.61. The van der Waals surface area contributed by atoms with Gasteiger partial charge in [-0.25, -0.2) is 9.13 Å². The van der Waals surface area contributed by atoms with Crippen LogP contribution in [0.5, 0.6) is 0 Å². The Kier molecular flexibility index (Phi) is 59.6. The Bertz CT molecular complexity index is 1640. The number of ether oxygens (including phenoxy) is 4. The zero-order valence-electron chi connectivity index (χ0n) is 54.6. The first kappa shape index (κ1) is 83.1. The summed E-state index contributed by atoms with van der Waals surface area (Å²) in [5.74, 6) is -2.13. The van der Waals surface area contributed by atoms with E-state index in [-0.39, 0.29) is 25.7 Å². The highest BCUT2D eigenvalue weighted by molar-refractivity contribution is 7.47. The minimum atomic E-state index is -4.94. The maximum absolute atomic E-state index is 13.0. The molecule has 0 aliphatic heterocycles. The molecule has 0 aromatic heterocycles. The summed E-state index contributed by atoms with van der Waals surface area (Å²) in [6.45, 7) is 4.89. The highest BCUT2D eigenvalue weighted by Gasteiger charge is 2.30. The lowest BCUT2D eigenvalue weighted by atomic mass is 10.0. The van der Waals surface area contributed by atoms with E-state index in [2.05, 4.69) is 27.7 Å². The monoisotopic (exact) mass is 1250 g/mol. The molecule has 0 rings (SSSR count). The second kappa shape index (κ2) is 60.9. The quantitative estimate of drug-likeness (QED) is 0.0222. The van der Waals surface area contributed by atoms with E-state index in [1.165, 1.54) is 167 Å². The van der Waals surface area contributed by atoms with Gasteiger partial charge in [-0.05, 0) is 25.7 Å². The van der Waals surface area contributed by atoms with Crippen LogP contribution < -0.4 is 0 Å². The maximum Gasteiger partial charge on any atom is 0.472 e. The van der Waals surface area contributed by atoms with Gasteiger partial charge >= 0.3 is 39.5 Å². The molecule has 17 nitrogen and oxygen atoms in total. The normalized spacial score (nSPS) is 14.1. The van der Waals surface area contributed by atoms with Gasteiger partial charge in [-0.3, -0.25) is 37.3 Å². The van der Waals surface area contributed by atoms with Crippen LogP contribution in [0.4, 0.5) is 0 Å². The summed E-state index contributed by atoms with van der Waals surface area (Å²) in [5.41, 5.74) is 0. The minimum absolute atomic E-state index is 0.106. The Hall–Kier alpha value is -1.94. The second-order valence-corrected chi connectivity index (χ2v) is 26.8. The predicted octanol–water partition coefficient (Wildman–Crippen LogP) is 18.7. The molecule has 0 amide bonds. The van der Waals surface area contributed by atoms with Crippen molar-refractivity contribution >= 4 is 39.5 Å². The van der Waals surface area contributed by atoms with E-state index >= 15 is 0 Å². The average molecular weight is 1260 g/mol. The van der Waals surface area contributed by atoms with Crippen molar-refractivity contribution < 1.29 is 80.2 Å². The first-order valence-electron chi connectivity index (χ1n) is 34.8. The number of aliphatic hydroxyl groups is 1. The van der Waals surface area contributed by atoms with Gasteiger partial charge in [-0.2, -0.15) is 0 Å². The van der Waals surface area contributed by atoms with Crippen LogP contribution in [0, 0.1) is 0 Å². The summed E-state index contributed by atoms with van der Waals surface area (Å²) < 4.78 is 68.0. The van der Waals surface area contributed by atoms with Gasteiger partial charge in [0.25, 0.3) is 0 Å². The molecular weight excluding hydrogens is 1130 g/mol. The number of unbranched alkanes of at least 4 members (excludes halogenated alkanes) is 41. The van der Waals surface area contributed by atoms with Crippen LogP contribution in [0.25, 0.3) is 0 Å². The SMILES string of the molecule is CCCCCCCCCCCCCCCCCC(=O)O[C@H](COC(=O)CCCCCCCCCCCCC)COP(=O)(O)OC[C@H](O)COP(=O)(O)OC[C@@H](COC(=O)CCCCCCCCCCCCC)OC(=O)CCCCCCCCCC. The number of hydrogen-bond acceptors (Lipinski definition) is 15. The van der Waals surface area contributed by atoms with Gasteiger partial charge in [-0.15, -0.1) is 0 Å². The van der Waals surface area contributed by atoms with Gasteiger partial charge in [0.2, 0.25) is 0 Å². The van der Waals surface area contributed by atoms with Gasteiger partial charge in [0.15, 0.2) is 12.2 Å². The van der Waals surface area contributed by atoms with E-state index in [1.807, 2.05) is 0 Å². The van der Waals surface area contributed by atoms with Crippen molar-refractivity contribution in [2.45, 2.75) is 361 Å². The van der Waals surface area contributed by atoms with Crippen LogP contribution in [0.15, 0.2) is 0 Å². The number of aliphatic hydroxyl groups excluding tert-OH is 1. The minimum Gasteiger partial charge on any atom is -0.462 e. The van der Waals surface area contributed by atoms with Crippen LogP contribution in [0.2, 0.25) is 0 Å². The number of hydrogen-bond donors (Lipinski definition) is 3. The Morgan fingerprint density at radius 1 is 0.282 bits per heavy atom. The molecule has 0 saturated carbocycles. The summed E-state index contributed by atoms with van der Waals surface area (Å²) in [7, 11) is -9.88. The van der Waals surface area contributed by atoms with Crippen molar-refractivity contribution in [2.24, 2.45) is 0 Å². The summed E-state index contributed by atoms with van der Waals surface area (Å²) in [6.07, 6.45) is 47.1. The van der Waals surface area contributed by atoms with E-state index in [4.69, 9.17) is 37.0 Å². The zero-order valence-corrected chi connectivity index (χ0v) is 56.4. The van der Waals surface area contributed by atoms with Gasteiger partial charge in [-0.1, -0.05) is 291 Å². The molecule has 504 valence electrons. The van der Waals surface area contributed by atoms with Crippen molar-refractivity contribution in [2.75, 3.05) is 39.6 Å². The smallest absolute Gasteiger partial charge is 0.462 e. The molecule has 5 atom stereocenters. The largest absolute Gasteiger partial charge is 0.472 e. The van der Waals surface area contributed by atoms with E-state index in [0.29, 0.717) is 25.7 Å². The fourth-order valence-corrected chi connectivity index (χ4v) is 11.6. The van der Waals surface area contributed by atoms with Crippen LogP contribution >= 0.6 is 15.6 Å². The lowest BCUT2D eigenvalue weighted by Gasteiger charge is -2.21. The van der Waals surface area contributed by atoms with Gasteiger partial charge in [0.05, 0.1) is 26.4 Å². The molecule has 0 fully saturated rings. The van der Waals surface area contributed by atoms with Crippen LogP contribution in [-0.2, 0) is 65.4 Å². The van der Waals surface area contributed by atoms with Gasteiger partial charge in [0, 0.05) is 25.7 Å². The molecule has 0 aliphatic rings. The molecule has 85 heavy (non-hydrogen) atoms. The highest BCUT2D eigenvalue weighted by atomic mass is 31.2. The summed E-state index contributed by atoms with van der Waals surface area (Å²) >= 11 is 0. The molecule has 19 heteroatoms. The topological polar surface area (TPSA) is 237 Å². The van der Waals surface area contributed by atoms with Crippen molar-refractivity contribution in [3.05, 3.63) is 0 Å². The van der Waals surface area contributed by atoms with Crippen molar-refractivity contribution in [3.63, 3.8) is 0 Å². The van der Waals surface area contributed by atoms with Crippen molar-refractivity contribution in [3.8, 4) is 0 Å². The standard InChI is InChI=1S/C66H128O17P2/c1-5-9-13-17-21-25-28-29-30-31-34-37-41-45-49-53-66(71)83-62(57-77-64(69)51-47-43-40-36-33-27-23-19-15-11-7-3)59-81-85(74,75)79-55-60(67)54-78-84(72,73)80-58-61(82-65(70)52-48-44-38-24-20-16-12-8-4)56-76-63(68)50-46-42-39-35-32-26-22-18-14-10-6-2/h60-62,67H,5-59H2,1-4H3,(H,72,73)(H,74,75)/t60-,61-,62-/m1/s1. The molecule has 0 aliphatic carbocycles. The summed E-state index contributed by atoms with van der Waals surface area (Å²) in [6, 6.07) is 0. The molecular formula is C66H128O17P2. The van der Waals surface area contributed by atoms with E-state index in [0.717, 1.165) is 96.3 Å². The molecule has 0 spiro atoms. The maximum atomic E-state index is 13.0. The second-order valence-electron chi connectivity index (χ2n) is 23.9. The number of carbonyl (C=O) groups excluding carboxylic acids is 4. The van der Waals surface area contributed by atoms with Crippen molar-refractivity contribution in [1.82, 2.24) is 0 Å². The Morgan fingerprint density at radius 3 is 0.694 bits per heavy atom. The number of carbonyl (C=O) groups is 4. The number of esters is 4. The fraction of sp³-hybridized carbons (Fsp3) is 0.939. The third kappa shape index (κ3) is 60.7. The summed E-state index contributed by atoms with van der Waals surface area (Å²) in [4.78, 5) is 72.2. The Labute approximate surface area is 517 Å². The molecule has 0 heterocycles. The van der Waals surface area contributed by atoms with Gasteiger partial charge < -0.3 is 33.8 Å². The fourth-order valence-electron chi connectivity index (χ4n) is 9.99. The molecule has 0 bridgehead atoms. The molecule has 0 radical (unpaired) electrons. The Balaban J connectivity index is 5.20. The molecule has 0 saturated heterocycles. The lowest BCUT2D eigenvalue weighted by molar-refractivity contribution is -0.161. The van der Waals surface area contributed by atoms with E-state index in [1.54, 1.807) is 0 Å². The zero-order chi connectivity index (χ0) is 62.6. The molecule has 0 aromatic rings. The number of phosphoric ester groups is 2. The first-order valence-corrected chi connectivity index (χ1v) is 37.8. The highest BCUT2D eigenvalue weighted by Crippen LogP contribution is 2.45. The van der Waals surface area contributed by atoms with E-state index in [9.17, 15) is 43.2 Å². The van der Waals surface area contributed by atoms with Crippen LogP contribution in [0.1, 0.15) is 342 Å². The van der Waals surface area contributed by atoms with Crippen molar-refractivity contribution in [1.29, 1.82) is 0 Å². The number of phosphoric acid groups is 2. The molecule has 3 N–H and O–H groups in total. The third-order valence-corrected chi connectivity index (χ3v) is 17.3. The molecule has 2 unspecified atom stereocenters. The summed E-state index contributed by atoms with van der Waals surface area (Å²) in [5, 5.41) is 10.5. The van der Waals surface area contributed by atoms with Crippen LogP contribution in [-0.4, -0.2) is 96.7 Å². The lowest BCUT2D eigenvalue weighted by Crippen LogP contribution is -2.30. The van der Waals surface area contributed by atoms with Gasteiger partial charge in [0.1, 0.15) is 19.3 Å². The Morgan fingerprint density at radius 2 is 0.471 bits per heavy atom. The number of rotatable bonds is 67. The molecule has 0 aromatic carbocycles. The third-order valence-electron chi connectivity index (χ3n) is 15.4. The first-order chi connectivity index (χ1) is 41.2.